The molecule has 1 unspecified atom stereocenters. The molecule has 0 rings (SSSR count). The summed E-state index contributed by atoms with van der Waals surface area (Å²) in [6, 6.07) is 0. The van der Waals surface area contributed by atoms with Crippen LogP contribution in [0.1, 0.15) is 162 Å². The van der Waals surface area contributed by atoms with Gasteiger partial charge < -0.3 is 10.2 Å². The van der Waals surface area contributed by atoms with E-state index in [0.717, 1.165) is 70.6 Å². The summed E-state index contributed by atoms with van der Waals surface area (Å²) in [5.74, 6) is -0.978. The first kappa shape index (κ1) is 31.9. The van der Waals surface area contributed by atoms with E-state index in [4.69, 9.17) is 5.11 Å². The Labute approximate surface area is 205 Å². The molecule has 0 aliphatic heterocycles. The van der Waals surface area contributed by atoms with Crippen LogP contribution in [0.5, 0.6) is 0 Å². The average Bonchev–Trinajstić information content (AvgIpc) is 2.78. The van der Waals surface area contributed by atoms with Gasteiger partial charge in [-0.3, -0.25) is 9.59 Å². The second kappa shape index (κ2) is 21.5. The Hall–Kier alpha value is -1.06. The van der Waals surface area contributed by atoms with Gasteiger partial charge >= 0.3 is 11.9 Å². The lowest BCUT2D eigenvalue weighted by molar-refractivity contribution is -0.154. The minimum Gasteiger partial charge on any atom is -0.481 e. The van der Waals surface area contributed by atoms with E-state index in [9.17, 15) is 14.7 Å². The third-order valence-electron chi connectivity index (χ3n) is 7.60. The molecule has 0 aromatic heterocycles. The lowest BCUT2D eigenvalue weighted by atomic mass is 9.67. The number of carboxylic acids is 2. The molecule has 196 valence electrons. The molecule has 0 saturated heterocycles. The number of carbonyl (C=O) groups is 2. The van der Waals surface area contributed by atoms with Crippen molar-refractivity contribution < 1.29 is 19.8 Å². The van der Waals surface area contributed by atoms with Gasteiger partial charge in [0.25, 0.3) is 0 Å². The van der Waals surface area contributed by atoms with Crippen LogP contribution >= 0.6 is 0 Å². The number of aliphatic carboxylic acids is 2. The summed E-state index contributed by atoms with van der Waals surface area (Å²) in [5.41, 5.74) is -0.526. The summed E-state index contributed by atoms with van der Waals surface area (Å²) in [4.78, 5) is 23.0. The van der Waals surface area contributed by atoms with Crippen molar-refractivity contribution in [3.8, 4) is 0 Å². The number of hydrogen-bond donors (Lipinski definition) is 2. The maximum Gasteiger partial charge on any atom is 0.309 e. The molecule has 0 amide bonds. The number of rotatable bonds is 25. The molecule has 0 aliphatic rings. The van der Waals surface area contributed by atoms with Crippen molar-refractivity contribution in [3.63, 3.8) is 0 Å². The monoisotopic (exact) mass is 468 g/mol. The van der Waals surface area contributed by atoms with Gasteiger partial charge in [-0.05, 0) is 31.6 Å². The highest BCUT2D eigenvalue weighted by atomic mass is 16.4. The molecule has 0 aromatic carbocycles. The van der Waals surface area contributed by atoms with Gasteiger partial charge in [0.2, 0.25) is 0 Å². The third kappa shape index (κ3) is 16.2. The zero-order valence-corrected chi connectivity index (χ0v) is 22.3. The minimum atomic E-state index is -0.682. The van der Waals surface area contributed by atoms with Crippen molar-refractivity contribution in [2.45, 2.75) is 162 Å². The van der Waals surface area contributed by atoms with E-state index >= 15 is 0 Å². The van der Waals surface area contributed by atoms with Crippen LogP contribution in [0.15, 0.2) is 0 Å². The molecule has 2 N–H and O–H groups in total. The molecule has 33 heavy (non-hydrogen) atoms. The van der Waals surface area contributed by atoms with Crippen LogP contribution in [0.3, 0.4) is 0 Å². The van der Waals surface area contributed by atoms with E-state index in [0.29, 0.717) is 6.42 Å². The van der Waals surface area contributed by atoms with Gasteiger partial charge in [-0.15, -0.1) is 0 Å². The molecule has 0 aliphatic carbocycles. The molecule has 0 bridgehead atoms. The highest BCUT2D eigenvalue weighted by molar-refractivity contribution is 5.75. The molecule has 4 heteroatoms. The highest BCUT2D eigenvalue weighted by Gasteiger charge is 2.42. The fourth-order valence-corrected chi connectivity index (χ4v) is 5.19. The Morgan fingerprint density at radius 1 is 0.606 bits per heavy atom. The van der Waals surface area contributed by atoms with Crippen molar-refractivity contribution in [1.82, 2.24) is 0 Å². The highest BCUT2D eigenvalue weighted by Crippen LogP contribution is 2.42. The Morgan fingerprint density at radius 3 is 1.39 bits per heavy atom. The van der Waals surface area contributed by atoms with E-state index in [1.54, 1.807) is 0 Å². The Kier molecular flexibility index (Phi) is 20.8. The van der Waals surface area contributed by atoms with E-state index in [1.165, 1.54) is 64.2 Å². The molecule has 0 fully saturated rings. The van der Waals surface area contributed by atoms with Gasteiger partial charge in [-0.2, -0.15) is 0 Å². The molecule has 4 nitrogen and oxygen atoms in total. The summed E-state index contributed by atoms with van der Waals surface area (Å²) in [7, 11) is 0. The molecule has 0 aromatic rings. The van der Waals surface area contributed by atoms with E-state index in [1.807, 2.05) is 0 Å². The molecule has 0 heterocycles. The maximum absolute atomic E-state index is 12.5. The second-order valence-electron chi connectivity index (χ2n) is 10.5. The van der Waals surface area contributed by atoms with Crippen LogP contribution in [-0.4, -0.2) is 22.2 Å². The van der Waals surface area contributed by atoms with Gasteiger partial charge in [-0.25, -0.2) is 0 Å². The van der Waals surface area contributed by atoms with E-state index in [-0.39, 0.29) is 5.92 Å². The fourth-order valence-electron chi connectivity index (χ4n) is 5.19. The first-order valence-electron chi connectivity index (χ1n) is 14.4. The molecule has 0 radical (unpaired) electrons. The third-order valence-corrected chi connectivity index (χ3v) is 7.60. The van der Waals surface area contributed by atoms with Gasteiger partial charge in [0, 0.05) is 6.42 Å². The predicted molar refractivity (Wildman–Crippen MR) is 140 cm³/mol. The second-order valence-corrected chi connectivity index (χ2v) is 10.5. The first-order valence-corrected chi connectivity index (χ1v) is 14.4. The Balaban J connectivity index is 4.25. The SMILES string of the molecule is CCCCCCC(CCCCCC)(C(=O)O)C(C)CCCCCCCCCCCCC(=O)O. The zero-order chi connectivity index (χ0) is 24.8. The standard InChI is InChI=1S/C29H56O4/c1-4-6-8-20-24-29(28(32)33,25-21-9-7-5-2)26(3)22-18-16-14-12-10-11-13-15-17-19-23-27(30)31/h26H,4-25H2,1-3H3,(H,30,31)(H,32,33). The summed E-state index contributed by atoms with van der Waals surface area (Å²) in [6.07, 6.45) is 23.9. The van der Waals surface area contributed by atoms with Crippen LogP contribution in [0, 0.1) is 11.3 Å². The molecule has 0 spiro atoms. The maximum atomic E-state index is 12.5. The molecule has 0 saturated carbocycles. The normalized spacial score (nSPS) is 12.7. The van der Waals surface area contributed by atoms with Gasteiger partial charge in [0.05, 0.1) is 5.41 Å². The van der Waals surface area contributed by atoms with Crippen molar-refractivity contribution in [1.29, 1.82) is 0 Å². The first-order chi connectivity index (χ1) is 15.9. The Morgan fingerprint density at radius 2 is 1.00 bits per heavy atom. The quantitative estimate of drug-likeness (QED) is 0.131. The largest absolute Gasteiger partial charge is 0.481 e. The number of carboxylic acid groups (broad SMARTS) is 2. The van der Waals surface area contributed by atoms with Crippen LogP contribution < -0.4 is 0 Å². The van der Waals surface area contributed by atoms with Crippen LogP contribution in [-0.2, 0) is 9.59 Å². The van der Waals surface area contributed by atoms with Crippen molar-refractivity contribution in [3.05, 3.63) is 0 Å². The molecular weight excluding hydrogens is 412 g/mol. The van der Waals surface area contributed by atoms with Crippen LogP contribution in [0.25, 0.3) is 0 Å². The number of hydrogen-bond acceptors (Lipinski definition) is 2. The summed E-state index contributed by atoms with van der Waals surface area (Å²) in [5, 5.41) is 18.9. The van der Waals surface area contributed by atoms with Crippen LogP contribution in [0.2, 0.25) is 0 Å². The lowest BCUT2D eigenvalue weighted by Crippen LogP contribution is -2.38. The van der Waals surface area contributed by atoms with Gasteiger partial charge in [-0.1, -0.05) is 130 Å². The lowest BCUT2D eigenvalue weighted by Gasteiger charge is -2.36. The van der Waals surface area contributed by atoms with Gasteiger partial charge in [0.1, 0.15) is 0 Å². The smallest absolute Gasteiger partial charge is 0.309 e. The fraction of sp³-hybridized carbons (Fsp3) is 0.931. The molecule has 1 atom stereocenters. The average molecular weight is 469 g/mol. The Bertz CT molecular complexity index is 462. The minimum absolute atomic E-state index is 0.254. The van der Waals surface area contributed by atoms with Crippen molar-refractivity contribution in [2.24, 2.45) is 11.3 Å². The zero-order valence-electron chi connectivity index (χ0n) is 22.3. The van der Waals surface area contributed by atoms with E-state index in [2.05, 4.69) is 20.8 Å². The van der Waals surface area contributed by atoms with Crippen molar-refractivity contribution in [2.75, 3.05) is 0 Å². The summed E-state index contributed by atoms with van der Waals surface area (Å²) >= 11 is 0. The topological polar surface area (TPSA) is 74.6 Å². The van der Waals surface area contributed by atoms with Gasteiger partial charge in [0.15, 0.2) is 0 Å². The van der Waals surface area contributed by atoms with Crippen molar-refractivity contribution >= 4 is 11.9 Å². The van der Waals surface area contributed by atoms with E-state index < -0.39 is 17.4 Å². The predicted octanol–water partition coefficient (Wildman–Crippen LogP) is 9.40. The number of unbranched alkanes of at least 4 members (excludes halogenated alkanes) is 15. The summed E-state index contributed by atoms with van der Waals surface area (Å²) in [6.45, 7) is 6.62. The summed E-state index contributed by atoms with van der Waals surface area (Å²) < 4.78 is 0. The molecular formula is C29H56O4. The van der Waals surface area contributed by atoms with Crippen LogP contribution in [0.4, 0.5) is 0 Å².